The third-order valence-corrected chi connectivity index (χ3v) is 6.54. The van der Waals surface area contributed by atoms with E-state index in [4.69, 9.17) is 9.84 Å². The molecule has 4 aromatic rings. The molecular formula is C30H28N4O4. The Morgan fingerprint density at radius 3 is 2.53 bits per heavy atom. The molecule has 0 unspecified atom stereocenters. The first-order chi connectivity index (χ1) is 18.4. The van der Waals surface area contributed by atoms with Gasteiger partial charge in [-0.25, -0.2) is 9.97 Å². The zero-order chi connectivity index (χ0) is 26.6. The van der Waals surface area contributed by atoms with E-state index in [1.165, 1.54) is 0 Å². The summed E-state index contributed by atoms with van der Waals surface area (Å²) in [6, 6.07) is 20.9. The molecule has 1 aliphatic rings. The first kappa shape index (κ1) is 25.0. The molecule has 5 rings (SSSR count). The highest BCUT2D eigenvalue weighted by Crippen LogP contribution is 2.37. The van der Waals surface area contributed by atoms with E-state index in [1.807, 2.05) is 78.6 Å². The van der Waals surface area contributed by atoms with Crippen molar-refractivity contribution in [2.45, 2.75) is 19.8 Å². The average molecular weight is 509 g/mol. The summed E-state index contributed by atoms with van der Waals surface area (Å²) in [5.41, 5.74) is 4.90. The fraction of sp³-hybridized carbons (Fsp3) is 0.200. The predicted octanol–water partition coefficient (Wildman–Crippen LogP) is 5.14. The van der Waals surface area contributed by atoms with Gasteiger partial charge in [-0.2, -0.15) is 0 Å². The van der Waals surface area contributed by atoms with Crippen molar-refractivity contribution in [2.24, 2.45) is 0 Å². The number of amides is 1. The molecule has 1 N–H and O–H groups in total. The Balaban J connectivity index is 1.27. The van der Waals surface area contributed by atoms with Gasteiger partial charge in [0.2, 0.25) is 0 Å². The highest BCUT2D eigenvalue weighted by atomic mass is 16.5. The Kier molecular flexibility index (Phi) is 7.04. The monoisotopic (exact) mass is 508 g/mol. The number of benzene rings is 2. The van der Waals surface area contributed by atoms with E-state index in [1.54, 1.807) is 24.3 Å². The van der Waals surface area contributed by atoms with Crippen LogP contribution in [0.25, 0.3) is 11.1 Å². The van der Waals surface area contributed by atoms with Crippen molar-refractivity contribution in [1.29, 1.82) is 0 Å². The Morgan fingerprint density at radius 2 is 1.76 bits per heavy atom. The van der Waals surface area contributed by atoms with E-state index in [2.05, 4.69) is 9.97 Å². The summed E-state index contributed by atoms with van der Waals surface area (Å²) in [4.78, 5) is 37.1. The number of carbonyl (C=O) groups excluding carboxylic acids is 1. The number of carbonyl (C=O) groups is 2. The third-order valence-electron chi connectivity index (χ3n) is 6.54. The zero-order valence-corrected chi connectivity index (χ0v) is 21.3. The van der Waals surface area contributed by atoms with Crippen LogP contribution in [-0.2, 0) is 17.6 Å². The van der Waals surface area contributed by atoms with Crippen molar-refractivity contribution >= 4 is 29.2 Å². The van der Waals surface area contributed by atoms with Crippen LogP contribution < -0.4 is 14.5 Å². The van der Waals surface area contributed by atoms with Gasteiger partial charge < -0.3 is 19.6 Å². The molecule has 0 bridgehead atoms. The normalized spacial score (nSPS) is 12.5. The van der Waals surface area contributed by atoms with Gasteiger partial charge in [0, 0.05) is 32.4 Å². The molecule has 8 nitrogen and oxygen atoms in total. The number of aromatic nitrogens is 2. The summed E-state index contributed by atoms with van der Waals surface area (Å²) in [6.07, 6.45) is 4.10. The maximum Gasteiger partial charge on any atom is 0.307 e. The number of pyridine rings is 2. The molecule has 2 aromatic heterocycles. The van der Waals surface area contributed by atoms with E-state index in [0.717, 1.165) is 33.7 Å². The molecule has 2 aromatic carbocycles. The predicted molar refractivity (Wildman–Crippen MR) is 146 cm³/mol. The minimum atomic E-state index is -0.850. The highest BCUT2D eigenvalue weighted by Gasteiger charge is 2.30. The van der Waals surface area contributed by atoms with Crippen LogP contribution in [0.1, 0.15) is 28.4 Å². The lowest BCUT2D eigenvalue weighted by Gasteiger charge is -2.22. The number of hydrogen-bond acceptors (Lipinski definition) is 6. The van der Waals surface area contributed by atoms with Crippen molar-refractivity contribution in [2.75, 3.05) is 30.0 Å². The van der Waals surface area contributed by atoms with Crippen molar-refractivity contribution in [3.8, 4) is 16.9 Å². The smallest absolute Gasteiger partial charge is 0.307 e. The van der Waals surface area contributed by atoms with Crippen LogP contribution in [0.4, 0.5) is 17.3 Å². The van der Waals surface area contributed by atoms with Crippen LogP contribution >= 0.6 is 0 Å². The lowest BCUT2D eigenvalue weighted by molar-refractivity contribution is -0.136. The molecule has 0 radical (unpaired) electrons. The van der Waals surface area contributed by atoms with Gasteiger partial charge in [0.15, 0.2) is 5.82 Å². The molecule has 192 valence electrons. The molecule has 0 spiro atoms. The number of aliphatic carboxylic acids is 1. The van der Waals surface area contributed by atoms with Crippen molar-refractivity contribution < 1.29 is 19.4 Å². The van der Waals surface area contributed by atoms with Crippen LogP contribution in [0.2, 0.25) is 0 Å². The standard InChI is InChI=1S/C30H28N4O4/c1-3-34-28-25(30(37)33(2)26-8-5-14-31-29(26)34)17-21(19-32-28)13-15-38-24-11-9-22(10-12-24)23-7-4-6-20(16-23)18-27(35)36/h4-12,14,16-17,19H,3,13,15,18H2,1-2H3,(H,35,36). The van der Waals surface area contributed by atoms with Gasteiger partial charge >= 0.3 is 5.97 Å². The number of hydrogen-bond donors (Lipinski definition) is 1. The summed E-state index contributed by atoms with van der Waals surface area (Å²) in [5, 5.41) is 9.04. The molecule has 0 saturated carbocycles. The van der Waals surface area contributed by atoms with Gasteiger partial charge in [-0.05, 0) is 59.5 Å². The Hall–Kier alpha value is -4.72. The minimum Gasteiger partial charge on any atom is -0.493 e. The summed E-state index contributed by atoms with van der Waals surface area (Å²) >= 11 is 0. The second kappa shape index (κ2) is 10.7. The van der Waals surface area contributed by atoms with Crippen molar-refractivity contribution in [1.82, 2.24) is 9.97 Å². The molecule has 0 fully saturated rings. The Labute approximate surface area is 221 Å². The van der Waals surface area contributed by atoms with Crippen molar-refractivity contribution in [3.05, 3.63) is 95.8 Å². The summed E-state index contributed by atoms with van der Waals surface area (Å²) < 4.78 is 5.97. The van der Waals surface area contributed by atoms with Gasteiger partial charge in [-0.1, -0.05) is 36.4 Å². The van der Waals surface area contributed by atoms with Crippen LogP contribution in [0, 0.1) is 0 Å². The van der Waals surface area contributed by atoms with Crippen LogP contribution in [-0.4, -0.2) is 47.2 Å². The molecular weight excluding hydrogens is 480 g/mol. The first-order valence-electron chi connectivity index (χ1n) is 12.5. The summed E-state index contributed by atoms with van der Waals surface area (Å²) in [5.74, 6) is 1.08. The lowest BCUT2D eigenvalue weighted by Crippen LogP contribution is -2.25. The summed E-state index contributed by atoms with van der Waals surface area (Å²) in [7, 11) is 1.76. The zero-order valence-electron chi connectivity index (χ0n) is 21.3. The average Bonchev–Trinajstić information content (AvgIpc) is 3.01. The van der Waals surface area contributed by atoms with Gasteiger partial charge in [0.1, 0.15) is 11.6 Å². The molecule has 0 aliphatic carbocycles. The van der Waals surface area contributed by atoms with E-state index < -0.39 is 5.97 Å². The number of fused-ring (bicyclic) bond motifs is 2. The Bertz CT molecular complexity index is 1490. The topological polar surface area (TPSA) is 95.9 Å². The van der Waals surface area contributed by atoms with Gasteiger partial charge in [0.05, 0.1) is 24.3 Å². The van der Waals surface area contributed by atoms with Gasteiger partial charge in [-0.3, -0.25) is 9.59 Å². The minimum absolute atomic E-state index is 0.00519. The number of nitrogens with zero attached hydrogens (tertiary/aromatic N) is 4. The number of carboxylic acids is 1. The van der Waals surface area contributed by atoms with Gasteiger partial charge in [0.25, 0.3) is 5.91 Å². The van der Waals surface area contributed by atoms with E-state index >= 15 is 0 Å². The van der Waals surface area contributed by atoms with Crippen molar-refractivity contribution in [3.63, 3.8) is 0 Å². The van der Waals surface area contributed by atoms with Crippen LogP contribution in [0.15, 0.2) is 79.1 Å². The quantitative estimate of drug-likeness (QED) is 0.352. The summed E-state index contributed by atoms with van der Waals surface area (Å²) in [6.45, 7) is 3.07. The number of carboxylic acid groups (broad SMARTS) is 1. The number of rotatable bonds is 8. The molecule has 8 heteroatoms. The maximum atomic E-state index is 13.3. The molecule has 0 saturated heterocycles. The first-order valence-corrected chi connectivity index (χ1v) is 12.5. The third kappa shape index (κ3) is 5.06. The second-order valence-corrected chi connectivity index (χ2v) is 9.06. The lowest BCUT2D eigenvalue weighted by atomic mass is 10.0. The molecule has 1 aliphatic heterocycles. The molecule has 1 amide bonds. The molecule has 38 heavy (non-hydrogen) atoms. The van der Waals surface area contributed by atoms with E-state index in [-0.39, 0.29) is 12.3 Å². The fourth-order valence-electron chi connectivity index (χ4n) is 4.62. The maximum absolute atomic E-state index is 13.3. The SMILES string of the molecule is CCN1c2ncc(CCOc3ccc(-c4cccc(CC(=O)O)c4)cc3)cc2C(=O)N(C)c2cccnc21. The largest absolute Gasteiger partial charge is 0.493 e. The molecule has 0 atom stereocenters. The number of ether oxygens (including phenoxy) is 1. The fourth-order valence-corrected chi connectivity index (χ4v) is 4.62. The molecule has 3 heterocycles. The van der Waals surface area contributed by atoms with E-state index in [9.17, 15) is 9.59 Å². The van der Waals surface area contributed by atoms with Crippen LogP contribution in [0.3, 0.4) is 0 Å². The van der Waals surface area contributed by atoms with Crippen LogP contribution in [0.5, 0.6) is 5.75 Å². The highest BCUT2D eigenvalue weighted by molar-refractivity contribution is 6.12. The van der Waals surface area contributed by atoms with E-state index in [0.29, 0.717) is 36.8 Å². The van der Waals surface area contributed by atoms with Gasteiger partial charge in [-0.15, -0.1) is 0 Å². The number of anilines is 3. The second-order valence-electron chi connectivity index (χ2n) is 9.06. The Morgan fingerprint density at radius 1 is 0.947 bits per heavy atom.